The molecule has 2 N–H and O–H groups in total. The van der Waals surface area contributed by atoms with Crippen LogP contribution in [0.2, 0.25) is 0 Å². The lowest BCUT2D eigenvalue weighted by Gasteiger charge is -2.31. The van der Waals surface area contributed by atoms with E-state index in [1.807, 2.05) is 0 Å². The highest BCUT2D eigenvalue weighted by Crippen LogP contribution is 2.24. The number of carbonyl (C=O) groups is 2. The number of carboxylic acids is 1. The van der Waals surface area contributed by atoms with Crippen LogP contribution in [0.1, 0.15) is 29.8 Å². The second-order valence-corrected chi connectivity index (χ2v) is 5.72. The predicted molar refractivity (Wildman–Crippen MR) is 79.1 cm³/mol. The summed E-state index contributed by atoms with van der Waals surface area (Å²) in [5.41, 5.74) is 0.973. The van der Waals surface area contributed by atoms with Gasteiger partial charge < -0.3 is 15.0 Å². The van der Waals surface area contributed by atoms with Crippen molar-refractivity contribution in [3.8, 4) is 0 Å². The fourth-order valence-electron chi connectivity index (χ4n) is 2.99. The van der Waals surface area contributed by atoms with Crippen LogP contribution in [0.4, 0.5) is 4.39 Å². The van der Waals surface area contributed by atoms with Gasteiger partial charge in [0.05, 0.1) is 0 Å². The van der Waals surface area contributed by atoms with Crippen LogP contribution in [-0.4, -0.2) is 40.0 Å². The van der Waals surface area contributed by atoms with Crippen molar-refractivity contribution in [2.45, 2.75) is 19.3 Å². The Balaban J connectivity index is 1.71. The summed E-state index contributed by atoms with van der Waals surface area (Å²) in [6.07, 6.45) is 1.53. The molecule has 5 nitrogen and oxygen atoms in total. The Labute approximate surface area is 126 Å². The maximum Gasteiger partial charge on any atom is 0.303 e. The Hall–Kier alpha value is -2.37. The molecule has 0 radical (unpaired) electrons. The number of rotatable bonds is 3. The number of aliphatic carboxylic acids is 1. The molecule has 0 saturated carbocycles. The number of carbonyl (C=O) groups excluding carboxylic acids is 1. The molecule has 0 unspecified atom stereocenters. The average Bonchev–Trinajstić information content (AvgIpc) is 2.92. The van der Waals surface area contributed by atoms with E-state index in [0.717, 1.165) is 0 Å². The van der Waals surface area contributed by atoms with Crippen LogP contribution in [0.5, 0.6) is 0 Å². The molecule has 2 heterocycles. The van der Waals surface area contributed by atoms with Crippen LogP contribution >= 0.6 is 0 Å². The first-order valence-electron chi connectivity index (χ1n) is 7.33. The molecule has 1 saturated heterocycles. The molecule has 1 aliphatic heterocycles. The van der Waals surface area contributed by atoms with Gasteiger partial charge in [0.25, 0.3) is 5.91 Å². The quantitative estimate of drug-likeness (QED) is 0.915. The van der Waals surface area contributed by atoms with Crippen molar-refractivity contribution in [3.05, 3.63) is 35.8 Å². The summed E-state index contributed by atoms with van der Waals surface area (Å²) in [5, 5.41) is 9.21. The minimum Gasteiger partial charge on any atom is -0.481 e. The number of nitrogens with one attached hydrogen (secondary N) is 1. The highest BCUT2D eigenvalue weighted by Gasteiger charge is 2.26. The van der Waals surface area contributed by atoms with Gasteiger partial charge in [-0.05, 0) is 37.0 Å². The SMILES string of the molecule is O=C(O)CC1CCN(C(=O)c2cc3c(F)cccc3[nH]2)CC1. The van der Waals surface area contributed by atoms with E-state index < -0.39 is 5.97 Å². The van der Waals surface area contributed by atoms with Gasteiger partial charge in [0.1, 0.15) is 11.5 Å². The number of aromatic amines is 1. The van der Waals surface area contributed by atoms with Gasteiger partial charge in [0, 0.05) is 30.4 Å². The Bertz CT molecular complexity index is 717. The first kappa shape index (κ1) is 14.6. The average molecular weight is 304 g/mol. The lowest BCUT2D eigenvalue weighted by atomic mass is 9.93. The number of hydrogen-bond donors (Lipinski definition) is 2. The Kier molecular flexibility index (Phi) is 3.83. The lowest BCUT2D eigenvalue weighted by molar-refractivity contribution is -0.138. The summed E-state index contributed by atoms with van der Waals surface area (Å²) >= 11 is 0. The number of nitrogens with zero attached hydrogens (tertiary/aromatic N) is 1. The van der Waals surface area contributed by atoms with Crippen molar-refractivity contribution in [1.29, 1.82) is 0 Å². The van der Waals surface area contributed by atoms with Gasteiger partial charge in [-0.15, -0.1) is 0 Å². The third-order valence-corrected chi connectivity index (χ3v) is 4.21. The zero-order valence-electron chi connectivity index (χ0n) is 12.0. The van der Waals surface area contributed by atoms with Gasteiger partial charge in [-0.1, -0.05) is 6.07 Å². The molecule has 1 aliphatic rings. The van der Waals surface area contributed by atoms with E-state index in [0.29, 0.717) is 42.5 Å². The molecule has 1 aromatic heterocycles. The van der Waals surface area contributed by atoms with E-state index in [-0.39, 0.29) is 24.1 Å². The number of hydrogen-bond acceptors (Lipinski definition) is 2. The van der Waals surface area contributed by atoms with E-state index in [4.69, 9.17) is 5.11 Å². The number of aromatic nitrogens is 1. The van der Waals surface area contributed by atoms with Crippen LogP contribution in [0, 0.1) is 11.7 Å². The first-order valence-corrected chi connectivity index (χ1v) is 7.33. The van der Waals surface area contributed by atoms with E-state index in [1.165, 1.54) is 12.1 Å². The first-order chi connectivity index (χ1) is 10.5. The summed E-state index contributed by atoms with van der Waals surface area (Å²) < 4.78 is 13.7. The van der Waals surface area contributed by atoms with Gasteiger partial charge in [-0.25, -0.2) is 4.39 Å². The molecule has 1 fully saturated rings. The minimum atomic E-state index is -0.795. The third kappa shape index (κ3) is 2.81. The van der Waals surface area contributed by atoms with Gasteiger partial charge in [0.15, 0.2) is 0 Å². The molecule has 2 aromatic rings. The van der Waals surface area contributed by atoms with Crippen molar-refractivity contribution in [2.75, 3.05) is 13.1 Å². The highest BCUT2D eigenvalue weighted by atomic mass is 19.1. The minimum absolute atomic E-state index is 0.127. The maximum absolute atomic E-state index is 13.7. The summed E-state index contributed by atoms with van der Waals surface area (Å²) in [6.45, 7) is 1.07. The molecule has 1 amide bonds. The normalized spacial score (nSPS) is 16.1. The van der Waals surface area contributed by atoms with Gasteiger partial charge in [-0.3, -0.25) is 9.59 Å². The van der Waals surface area contributed by atoms with E-state index in [2.05, 4.69) is 4.98 Å². The second-order valence-electron chi connectivity index (χ2n) is 5.72. The van der Waals surface area contributed by atoms with Crippen molar-refractivity contribution in [3.63, 3.8) is 0 Å². The number of carboxylic acid groups (broad SMARTS) is 1. The number of amides is 1. The van der Waals surface area contributed by atoms with Crippen molar-refractivity contribution in [1.82, 2.24) is 9.88 Å². The van der Waals surface area contributed by atoms with Crippen LogP contribution in [-0.2, 0) is 4.79 Å². The smallest absolute Gasteiger partial charge is 0.303 e. The standard InChI is InChI=1S/C16H17FN2O3/c17-12-2-1-3-13-11(12)9-14(18-13)16(22)19-6-4-10(5-7-19)8-15(20)21/h1-3,9-10,18H,4-8H2,(H,20,21). The number of piperidine rings is 1. The molecule has 0 bridgehead atoms. The summed E-state index contributed by atoms with van der Waals surface area (Å²) in [5.74, 6) is -1.19. The number of halogens is 1. The number of H-pyrrole nitrogens is 1. The fourth-order valence-corrected chi connectivity index (χ4v) is 2.99. The molecule has 6 heteroatoms. The molecule has 22 heavy (non-hydrogen) atoms. The van der Waals surface area contributed by atoms with E-state index in [9.17, 15) is 14.0 Å². The molecule has 0 spiro atoms. The monoisotopic (exact) mass is 304 g/mol. The van der Waals surface area contributed by atoms with Crippen molar-refractivity contribution < 1.29 is 19.1 Å². The highest BCUT2D eigenvalue weighted by molar-refractivity contribution is 5.98. The summed E-state index contributed by atoms with van der Waals surface area (Å²) in [6, 6.07) is 6.23. The maximum atomic E-state index is 13.7. The fraction of sp³-hybridized carbons (Fsp3) is 0.375. The number of fused-ring (bicyclic) bond motifs is 1. The molecule has 0 aliphatic carbocycles. The molecule has 116 valence electrons. The molecular weight excluding hydrogens is 287 g/mol. The molecule has 3 rings (SSSR count). The molecule has 1 aromatic carbocycles. The van der Waals surface area contributed by atoms with E-state index >= 15 is 0 Å². The number of benzene rings is 1. The van der Waals surface area contributed by atoms with Crippen LogP contribution in [0.3, 0.4) is 0 Å². The van der Waals surface area contributed by atoms with Gasteiger partial charge in [0.2, 0.25) is 0 Å². The summed E-state index contributed by atoms with van der Waals surface area (Å²) in [4.78, 5) is 27.8. The Morgan fingerprint density at radius 1 is 1.32 bits per heavy atom. The second kappa shape index (κ2) is 5.79. The van der Waals surface area contributed by atoms with Crippen LogP contribution in [0.25, 0.3) is 10.9 Å². The van der Waals surface area contributed by atoms with Crippen molar-refractivity contribution >= 4 is 22.8 Å². The molecule has 0 atom stereocenters. The topological polar surface area (TPSA) is 73.4 Å². The van der Waals surface area contributed by atoms with Crippen LogP contribution in [0.15, 0.2) is 24.3 Å². The zero-order valence-corrected chi connectivity index (χ0v) is 12.0. The van der Waals surface area contributed by atoms with Gasteiger partial charge >= 0.3 is 5.97 Å². The predicted octanol–water partition coefficient (Wildman–Crippen LogP) is 2.63. The summed E-state index contributed by atoms with van der Waals surface area (Å²) in [7, 11) is 0. The third-order valence-electron chi connectivity index (χ3n) is 4.21. The lowest BCUT2D eigenvalue weighted by Crippen LogP contribution is -2.39. The number of likely N-dealkylation sites (tertiary alicyclic amines) is 1. The van der Waals surface area contributed by atoms with Gasteiger partial charge in [-0.2, -0.15) is 0 Å². The van der Waals surface area contributed by atoms with Crippen LogP contribution < -0.4 is 0 Å². The van der Waals surface area contributed by atoms with E-state index in [1.54, 1.807) is 17.0 Å². The molecular formula is C16H17FN2O3. The van der Waals surface area contributed by atoms with Crippen molar-refractivity contribution in [2.24, 2.45) is 5.92 Å². The Morgan fingerprint density at radius 3 is 2.68 bits per heavy atom. The Morgan fingerprint density at radius 2 is 2.05 bits per heavy atom. The zero-order chi connectivity index (χ0) is 15.7. The largest absolute Gasteiger partial charge is 0.481 e.